The topological polar surface area (TPSA) is 87.8 Å². The first-order valence-electron chi connectivity index (χ1n) is 10.6. The van der Waals surface area contributed by atoms with Crippen LogP contribution in [0, 0.1) is 5.82 Å². The molecule has 1 fully saturated rings. The molecule has 0 unspecified atom stereocenters. The van der Waals surface area contributed by atoms with Crippen LogP contribution in [0.15, 0.2) is 54.7 Å². The Morgan fingerprint density at radius 2 is 1.85 bits per heavy atom. The van der Waals surface area contributed by atoms with Gasteiger partial charge in [-0.2, -0.15) is 0 Å². The lowest BCUT2D eigenvalue weighted by molar-refractivity contribution is 0.0964. The lowest BCUT2D eigenvalue weighted by Gasteiger charge is -2.29. The second kappa shape index (κ2) is 10.2. The number of nitrogens with one attached hydrogen (secondary N) is 3. The average molecular weight is 452 g/mol. The number of carbonyl (C=O) groups is 1. The van der Waals surface area contributed by atoms with E-state index in [1.807, 2.05) is 18.2 Å². The molecule has 2 heterocycles. The minimum Gasteiger partial charge on any atom is -0.494 e. The summed E-state index contributed by atoms with van der Waals surface area (Å²) >= 11 is 0. The zero-order valence-electron chi connectivity index (χ0n) is 18.5. The first-order valence-corrected chi connectivity index (χ1v) is 10.6. The van der Waals surface area contributed by atoms with Crippen molar-refractivity contribution in [1.82, 2.24) is 10.3 Å². The second-order valence-corrected chi connectivity index (χ2v) is 7.41. The Kier molecular flexibility index (Phi) is 6.89. The summed E-state index contributed by atoms with van der Waals surface area (Å²) in [6.45, 7) is 3.03. The van der Waals surface area contributed by atoms with Crippen LogP contribution in [-0.4, -0.2) is 51.4 Å². The summed E-state index contributed by atoms with van der Waals surface area (Å²) in [5, 5.41) is 8.77. The Morgan fingerprint density at radius 3 is 2.61 bits per heavy atom. The second-order valence-electron chi connectivity index (χ2n) is 7.41. The molecule has 9 heteroatoms. The molecule has 0 bridgehead atoms. The number of nitrogens with zero attached hydrogens (tertiary/aromatic N) is 2. The number of ether oxygens (including phenoxy) is 2. The maximum Gasteiger partial charge on any atom is 0.253 e. The van der Waals surface area contributed by atoms with E-state index in [0.717, 1.165) is 25.0 Å². The van der Waals surface area contributed by atoms with E-state index in [2.05, 4.69) is 25.8 Å². The third-order valence-electron chi connectivity index (χ3n) is 5.35. The lowest BCUT2D eigenvalue weighted by Crippen LogP contribution is -2.36. The van der Waals surface area contributed by atoms with Crippen LogP contribution in [0.1, 0.15) is 10.4 Å². The van der Waals surface area contributed by atoms with Gasteiger partial charge in [0, 0.05) is 38.0 Å². The number of carbonyl (C=O) groups excluding carboxylic acids is 1. The minimum atomic E-state index is -0.540. The summed E-state index contributed by atoms with van der Waals surface area (Å²) < 4.78 is 25.5. The number of aromatic nitrogens is 1. The van der Waals surface area contributed by atoms with Crippen LogP contribution < -0.4 is 25.6 Å². The number of benzene rings is 2. The van der Waals surface area contributed by atoms with Gasteiger partial charge in [0.05, 0.1) is 49.1 Å². The molecule has 172 valence electrons. The number of morpholine rings is 1. The molecular formula is C24H26FN5O3. The Morgan fingerprint density at radius 1 is 1.06 bits per heavy atom. The monoisotopic (exact) mass is 451 g/mol. The van der Waals surface area contributed by atoms with Gasteiger partial charge in [-0.05, 0) is 24.3 Å². The third kappa shape index (κ3) is 5.15. The van der Waals surface area contributed by atoms with Crippen LogP contribution in [-0.2, 0) is 4.74 Å². The van der Waals surface area contributed by atoms with Crippen molar-refractivity contribution < 1.29 is 18.7 Å². The van der Waals surface area contributed by atoms with Crippen molar-refractivity contribution >= 4 is 34.5 Å². The van der Waals surface area contributed by atoms with E-state index in [1.165, 1.54) is 0 Å². The van der Waals surface area contributed by atoms with Crippen LogP contribution in [0.25, 0.3) is 0 Å². The maximum absolute atomic E-state index is 14.5. The normalized spacial score (nSPS) is 13.4. The quantitative estimate of drug-likeness (QED) is 0.502. The van der Waals surface area contributed by atoms with Crippen molar-refractivity contribution in [3.63, 3.8) is 0 Å². The maximum atomic E-state index is 14.5. The molecule has 1 aliphatic heterocycles. The molecule has 2 aromatic carbocycles. The zero-order valence-corrected chi connectivity index (χ0v) is 18.5. The molecule has 1 amide bonds. The molecule has 8 nitrogen and oxygen atoms in total. The number of rotatable bonds is 7. The molecule has 4 rings (SSSR count). The van der Waals surface area contributed by atoms with Gasteiger partial charge in [-0.3, -0.25) is 4.79 Å². The Bertz CT molecular complexity index is 1130. The number of anilines is 5. The van der Waals surface area contributed by atoms with Crippen LogP contribution >= 0.6 is 0 Å². The van der Waals surface area contributed by atoms with Crippen molar-refractivity contribution in [2.75, 3.05) is 56.0 Å². The molecule has 0 radical (unpaired) electrons. The average Bonchev–Trinajstić information content (AvgIpc) is 2.86. The predicted octanol–water partition coefficient (Wildman–Crippen LogP) is 3.91. The number of hydrogen-bond acceptors (Lipinski definition) is 7. The number of methoxy groups -OCH3 is 1. The third-order valence-corrected chi connectivity index (χ3v) is 5.35. The molecule has 3 aromatic rings. The van der Waals surface area contributed by atoms with Gasteiger partial charge >= 0.3 is 0 Å². The van der Waals surface area contributed by atoms with Crippen LogP contribution in [0.2, 0.25) is 0 Å². The van der Waals surface area contributed by atoms with E-state index in [-0.39, 0.29) is 11.6 Å². The minimum absolute atomic E-state index is 0.188. The molecule has 0 atom stereocenters. The molecule has 1 aromatic heterocycles. The highest BCUT2D eigenvalue weighted by Gasteiger charge is 2.15. The van der Waals surface area contributed by atoms with Gasteiger partial charge in [0.15, 0.2) is 5.82 Å². The number of para-hydroxylation sites is 1. The summed E-state index contributed by atoms with van der Waals surface area (Å²) in [4.78, 5) is 18.5. The fraction of sp³-hybridized carbons (Fsp3) is 0.250. The van der Waals surface area contributed by atoms with E-state index >= 15 is 0 Å². The summed E-state index contributed by atoms with van der Waals surface area (Å²) in [6, 6.07) is 14.3. The largest absolute Gasteiger partial charge is 0.494 e. The van der Waals surface area contributed by atoms with Crippen LogP contribution in [0.4, 0.5) is 33.0 Å². The molecular weight excluding hydrogens is 425 g/mol. The Labute approximate surface area is 191 Å². The molecule has 0 spiro atoms. The summed E-state index contributed by atoms with van der Waals surface area (Å²) in [7, 11) is 3.15. The van der Waals surface area contributed by atoms with Gasteiger partial charge in [-0.15, -0.1) is 0 Å². The number of halogens is 1. The van der Waals surface area contributed by atoms with E-state index in [4.69, 9.17) is 9.47 Å². The molecule has 33 heavy (non-hydrogen) atoms. The molecule has 1 aliphatic rings. The number of hydrogen-bond donors (Lipinski definition) is 3. The first-order chi connectivity index (χ1) is 16.1. The summed E-state index contributed by atoms with van der Waals surface area (Å²) in [5.74, 6) is 0.260. The lowest BCUT2D eigenvalue weighted by atomic mass is 10.1. The van der Waals surface area contributed by atoms with Crippen molar-refractivity contribution in [2.45, 2.75) is 0 Å². The van der Waals surface area contributed by atoms with Crippen LogP contribution in [0.5, 0.6) is 5.75 Å². The van der Waals surface area contributed by atoms with Crippen molar-refractivity contribution in [3.8, 4) is 5.75 Å². The number of pyridine rings is 1. The van der Waals surface area contributed by atoms with Gasteiger partial charge in [0.1, 0.15) is 11.6 Å². The highest BCUT2D eigenvalue weighted by molar-refractivity contribution is 6.00. The summed E-state index contributed by atoms with van der Waals surface area (Å²) in [5.41, 5.74) is 2.82. The van der Waals surface area contributed by atoms with Gasteiger partial charge in [-0.25, -0.2) is 9.37 Å². The van der Waals surface area contributed by atoms with Crippen molar-refractivity contribution in [2.24, 2.45) is 0 Å². The SMILES string of the molecule is CNC(=O)c1ccccc1Nc1cc(Nc2ccc(N3CCOCC3)cc2OC)ncc1F. The predicted molar refractivity (Wildman–Crippen MR) is 127 cm³/mol. The van der Waals surface area contributed by atoms with E-state index < -0.39 is 5.82 Å². The standard InChI is InChI=1S/C24H26FN5O3/c1-26-24(31)17-5-3-4-6-19(17)28-21-14-23(27-15-18(21)25)29-20-8-7-16(13-22(20)32-2)30-9-11-33-12-10-30/h3-8,13-15H,9-12H2,1-2H3,(H,26,31)(H2,27,28,29). The van der Waals surface area contributed by atoms with Crippen molar-refractivity contribution in [3.05, 3.63) is 66.1 Å². The van der Waals surface area contributed by atoms with Gasteiger partial charge in [0.2, 0.25) is 0 Å². The number of amides is 1. The smallest absolute Gasteiger partial charge is 0.253 e. The first kappa shape index (κ1) is 22.3. The van der Waals surface area contributed by atoms with E-state index in [0.29, 0.717) is 41.7 Å². The zero-order chi connectivity index (χ0) is 23.2. The van der Waals surface area contributed by atoms with Gasteiger partial charge in [-0.1, -0.05) is 12.1 Å². The Balaban J connectivity index is 1.57. The van der Waals surface area contributed by atoms with E-state index in [9.17, 15) is 9.18 Å². The molecule has 0 aliphatic carbocycles. The fourth-order valence-electron chi connectivity index (χ4n) is 3.61. The molecule has 1 saturated heterocycles. The molecule has 0 saturated carbocycles. The van der Waals surface area contributed by atoms with Gasteiger partial charge < -0.3 is 30.3 Å². The summed E-state index contributed by atoms with van der Waals surface area (Å²) in [6.07, 6.45) is 1.13. The Hall–Kier alpha value is -3.85. The van der Waals surface area contributed by atoms with Gasteiger partial charge in [0.25, 0.3) is 5.91 Å². The molecule has 3 N–H and O–H groups in total. The van der Waals surface area contributed by atoms with Crippen molar-refractivity contribution in [1.29, 1.82) is 0 Å². The van der Waals surface area contributed by atoms with Crippen LogP contribution in [0.3, 0.4) is 0 Å². The van der Waals surface area contributed by atoms with E-state index in [1.54, 1.807) is 44.5 Å². The highest BCUT2D eigenvalue weighted by Crippen LogP contribution is 2.33. The highest BCUT2D eigenvalue weighted by atomic mass is 19.1. The fourth-order valence-corrected chi connectivity index (χ4v) is 3.61.